The molecule has 0 atom stereocenters. The van der Waals surface area contributed by atoms with Gasteiger partial charge in [-0.15, -0.1) is 0 Å². The van der Waals surface area contributed by atoms with Crippen LogP contribution in [0.1, 0.15) is 13.3 Å². The van der Waals surface area contributed by atoms with Gasteiger partial charge in [0.05, 0.1) is 12.3 Å². The number of nitrogens with two attached hydrogens (primary N) is 1. The fraction of sp³-hybridized carbons (Fsp3) is 0.250. The summed E-state index contributed by atoms with van der Waals surface area (Å²) in [4.78, 5) is 11.5. The zero-order chi connectivity index (χ0) is 14.5. The molecule has 0 fully saturated rings. The summed E-state index contributed by atoms with van der Waals surface area (Å²) in [7, 11) is 0. The van der Waals surface area contributed by atoms with E-state index in [1.54, 1.807) is 0 Å². The Morgan fingerprint density at radius 3 is 2.75 bits per heavy atom. The van der Waals surface area contributed by atoms with Gasteiger partial charge in [-0.2, -0.15) is 15.0 Å². The number of benzene rings is 1. The van der Waals surface area contributed by atoms with Gasteiger partial charge in [-0.1, -0.05) is 6.92 Å². The van der Waals surface area contributed by atoms with Crippen molar-refractivity contribution in [2.75, 3.05) is 17.7 Å². The lowest BCUT2D eigenvalue weighted by atomic mass is 10.3. The number of aromatic nitrogens is 3. The maximum absolute atomic E-state index is 13.5. The lowest BCUT2D eigenvalue weighted by molar-refractivity contribution is 0.292. The lowest BCUT2D eigenvalue weighted by Gasteiger charge is -2.08. The first-order valence-electron chi connectivity index (χ1n) is 5.95. The number of nitrogen functional groups attached to an aromatic ring is 1. The molecule has 0 saturated heterocycles. The van der Waals surface area contributed by atoms with Gasteiger partial charge in [0.2, 0.25) is 11.9 Å². The number of hydrogen-bond acceptors (Lipinski definition) is 6. The van der Waals surface area contributed by atoms with Crippen LogP contribution in [0, 0.1) is 11.6 Å². The highest BCUT2D eigenvalue weighted by Gasteiger charge is 2.09. The summed E-state index contributed by atoms with van der Waals surface area (Å²) >= 11 is 0. The first kappa shape index (κ1) is 13.9. The Bertz CT molecular complexity index is 608. The molecule has 0 bridgehead atoms. The zero-order valence-corrected chi connectivity index (χ0v) is 10.7. The molecule has 0 aliphatic heterocycles. The Balaban J connectivity index is 2.21. The average Bonchev–Trinajstić information content (AvgIpc) is 2.39. The number of nitrogens with one attached hydrogen (secondary N) is 1. The molecule has 2 rings (SSSR count). The van der Waals surface area contributed by atoms with E-state index in [1.165, 1.54) is 6.07 Å². The summed E-state index contributed by atoms with van der Waals surface area (Å²) in [5.74, 6) is -1.47. The van der Waals surface area contributed by atoms with Gasteiger partial charge in [-0.3, -0.25) is 0 Å². The molecule has 2 aromatic rings. The second kappa shape index (κ2) is 6.09. The fourth-order valence-electron chi connectivity index (χ4n) is 1.40. The van der Waals surface area contributed by atoms with E-state index < -0.39 is 11.6 Å². The van der Waals surface area contributed by atoms with Crippen molar-refractivity contribution in [2.24, 2.45) is 0 Å². The maximum atomic E-state index is 13.5. The standard InChI is InChI=1S/C12H13F2N5O/c1-2-5-20-12-18-10(15)17-11(19-12)16-9-4-3-7(13)6-8(9)14/h3-4,6H,2,5H2,1H3,(H3,15,16,17,18,19). The Morgan fingerprint density at radius 1 is 1.25 bits per heavy atom. The van der Waals surface area contributed by atoms with Gasteiger partial charge in [0, 0.05) is 6.07 Å². The monoisotopic (exact) mass is 281 g/mol. The molecule has 0 saturated carbocycles. The van der Waals surface area contributed by atoms with Crippen LogP contribution in [0.15, 0.2) is 18.2 Å². The zero-order valence-electron chi connectivity index (χ0n) is 10.7. The highest BCUT2D eigenvalue weighted by atomic mass is 19.1. The SMILES string of the molecule is CCCOc1nc(N)nc(Nc2ccc(F)cc2F)n1. The topological polar surface area (TPSA) is 86.0 Å². The van der Waals surface area contributed by atoms with Crippen LogP contribution in [0.4, 0.5) is 26.4 Å². The molecule has 6 nitrogen and oxygen atoms in total. The molecule has 0 aliphatic carbocycles. The molecule has 106 valence electrons. The number of rotatable bonds is 5. The van der Waals surface area contributed by atoms with E-state index in [2.05, 4.69) is 20.3 Å². The minimum Gasteiger partial charge on any atom is -0.463 e. The lowest BCUT2D eigenvalue weighted by Crippen LogP contribution is -2.08. The van der Waals surface area contributed by atoms with Crippen LogP contribution in [0.25, 0.3) is 0 Å². The predicted molar refractivity (Wildman–Crippen MR) is 69.7 cm³/mol. The smallest absolute Gasteiger partial charge is 0.323 e. The number of ether oxygens (including phenoxy) is 1. The molecule has 1 aromatic carbocycles. The summed E-state index contributed by atoms with van der Waals surface area (Å²) in [6, 6.07) is 3.15. The summed E-state index contributed by atoms with van der Waals surface area (Å²) in [5, 5.41) is 2.59. The van der Waals surface area contributed by atoms with Crippen LogP contribution in [-0.4, -0.2) is 21.6 Å². The van der Waals surface area contributed by atoms with Crippen LogP contribution in [-0.2, 0) is 0 Å². The van der Waals surface area contributed by atoms with Crippen LogP contribution < -0.4 is 15.8 Å². The summed E-state index contributed by atoms with van der Waals surface area (Å²) < 4.78 is 31.5. The highest BCUT2D eigenvalue weighted by molar-refractivity contribution is 5.54. The van der Waals surface area contributed by atoms with Gasteiger partial charge in [0.25, 0.3) is 0 Å². The second-order valence-corrected chi connectivity index (χ2v) is 3.90. The van der Waals surface area contributed by atoms with E-state index in [0.717, 1.165) is 18.6 Å². The van der Waals surface area contributed by atoms with Gasteiger partial charge in [-0.05, 0) is 18.6 Å². The molecule has 0 spiro atoms. The number of hydrogen-bond donors (Lipinski definition) is 2. The molecule has 0 radical (unpaired) electrons. The Kier molecular flexibility index (Phi) is 4.24. The number of nitrogens with zero attached hydrogens (tertiary/aromatic N) is 3. The molecular formula is C12H13F2N5O. The van der Waals surface area contributed by atoms with Gasteiger partial charge in [0.1, 0.15) is 11.6 Å². The van der Waals surface area contributed by atoms with E-state index >= 15 is 0 Å². The maximum Gasteiger partial charge on any atom is 0.323 e. The molecule has 1 aromatic heterocycles. The van der Waals surface area contributed by atoms with E-state index in [0.29, 0.717) is 6.61 Å². The van der Waals surface area contributed by atoms with Crippen molar-refractivity contribution in [1.82, 2.24) is 15.0 Å². The minimum atomic E-state index is -0.764. The molecule has 20 heavy (non-hydrogen) atoms. The van der Waals surface area contributed by atoms with E-state index in [4.69, 9.17) is 10.5 Å². The van der Waals surface area contributed by atoms with Crippen molar-refractivity contribution in [1.29, 1.82) is 0 Å². The van der Waals surface area contributed by atoms with Crippen LogP contribution in [0.2, 0.25) is 0 Å². The minimum absolute atomic E-state index is 0.0223. The Hall–Kier alpha value is -2.51. The molecule has 3 N–H and O–H groups in total. The Labute approximate surface area is 114 Å². The summed E-state index contributed by atoms with van der Waals surface area (Å²) in [6.45, 7) is 2.35. The number of halogens is 2. The van der Waals surface area contributed by atoms with Crippen molar-refractivity contribution in [3.8, 4) is 6.01 Å². The van der Waals surface area contributed by atoms with Crippen molar-refractivity contribution in [3.05, 3.63) is 29.8 Å². The van der Waals surface area contributed by atoms with Crippen LogP contribution >= 0.6 is 0 Å². The van der Waals surface area contributed by atoms with Crippen molar-refractivity contribution in [2.45, 2.75) is 13.3 Å². The van der Waals surface area contributed by atoms with E-state index in [9.17, 15) is 8.78 Å². The quantitative estimate of drug-likeness (QED) is 0.874. The van der Waals surface area contributed by atoms with Crippen molar-refractivity contribution >= 4 is 17.6 Å². The first-order valence-corrected chi connectivity index (χ1v) is 5.95. The molecule has 1 heterocycles. The van der Waals surface area contributed by atoms with E-state index in [1.807, 2.05) is 6.92 Å². The summed E-state index contributed by atoms with van der Waals surface area (Å²) in [6.07, 6.45) is 0.779. The molecular weight excluding hydrogens is 268 g/mol. The molecule has 0 aliphatic rings. The van der Waals surface area contributed by atoms with Crippen LogP contribution in [0.3, 0.4) is 0 Å². The average molecular weight is 281 g/mol. The fourth-order valence-corrected chi connectivity index (χ4v) is 1.40. The normalized spacial score (nSPS) is 10.3. The van der Waals surface area contributed by atoms with Gasteiger partial charge < -0.3 is 15.8 Å². The van der Waals surface area contributed by atoms with Crippen molar-refractivity contribution in [3.63, 3.8) is 0 Å². The third-order valence-corrected chi connectivity index (χ3v) is 2.25. The molecule has 8 heteroatoms. The van der Waals surface area contributed by atoms with Crippen molar-refractivity contribution < 1.29 is 13.5 Å². The van der Waals surface area contributed by atoms with Gasteiger partial charge >= 0.3 is 6.01 Å². The molecule has 0 amide bonds. The van der Waals surface area contributed by atoms with Gasteiger partial charge in [0.15, 0.2) is 0 Å². The second-order valence-electron chi connectivity index (χ2n) is 3.90. The van der Waals surface area contributed by atoms with E-state index in [-0.39, 0.29) is 23.6 Å². The third-order valence-electron chi connectivity index (χ3n) is 2.25. The van der Waals surface area contributed by atoms with Gasteiger partial charge in [-0.25, -0.2) is 8.78 Å². The predicted octanol–water partition coefficient (Wildman–Crippen LogP) is 2.26. The molecule has 0 unspecified atom stereocenters. The summed E-state index contributed by atoms with van der Waals surface area (Å²) in [5.41, 5.74) is 5.54. The third kappa shape index (κ3) is 3.50. The first-order chi connectivity index (χ1) is 9.58. The number of anilines is 3. The highest BCUT2D eigenvalue weighted by Crippen LogP contribution is 2.19. The Morgan fingerprint density at radius 2 is 2.05 bits per heavy atom. The van der Waals surface area contributed by atoms with Crippen LogP contribution in [0.5, 0.6) is 6.01 Å². The largest absolute Gasteiger partial charge is 0.463 e.